The number of hydrogen-bond acceptors (Lipinski definition) is 32. The molecule has 126 heavy (non-hydrogen) atoms. The molecule has 0 spiro atoms. The maximum Gasteiger partial charge on any atom is 0.305 e. The largest absolute Gasteiger partial charge is 0.481 e. The Hall–Kier alpha value is -10.3. The predicted octanol–water partition coefficient (Wildman–Crippen LogP) is -7.61. The lowest BCUT2D eigenvalue weighted by atomic mass is 10.0. The average molecular weight is 1840 g/mol. The molecule has 1 heterocycles. The maximum atomic E-state index is 14.6. The minimum absolute atomic E-state index is 0.0294. The van der Waals surface area contributed by atoms with Gasteiger partial charge in [0.05, 0.1) is 131 Å². The number of aliphatic carboxylic acids is 1. The molecule has 706 valence electrons. The standard InChI is InChI=1S/C77H123N19O27S3/c1-96(2)54-15-13-53(14-16-54)41-88-123-47-67(102)84-21-25-115-29-33-119-36-38-120-37-35-118-32-28-114-24-20-83-66(101)46-122-45-64(99)81-17-7-6-11-56-72(108)93-59(48-124)75(111)91-55(12-8-18-86-77(79)80)70(106)87-42-63(98)90-58(40-69(104)105)74(110)94-60(49-125)76(112)92-57(39-52-9-4-3-5-10-52)73(109)95-61(50-126-51-68(103)89-56)71(107)85-22-26-116-30-34-117-31-27-113-23-19-82-65(100)44-121-43-62(78)97/h3-5,9-10,13-16,41,55-61,124-125H,6-8,11-12,17-40,42-51H2,1-2H3,(H2,78,97)(H,81,99)(H,82,100)(H,83,101)(H,84,102)(H,85,107)(H,87,106)(H,89,103)(H,90,98)(H,91,111)(H,92,112)(H,93,108)(H,94,110)(H,95,109)(H,104,105)(H4,79,80,86)/b88-41+/t55-,56-,57-,58-,59-,60-,61-/m0/s1. The molecule has 49 heteroatoms. The number of ether oxygens (including phenoxy) is 10. The number of hydrogen-bond donors (Lipinski definition) is 19. The Balaban J connectivity index is 1.61. The van der Waals surface area contributed by atoms with Gasteiger partial charge in [-0.15, -0.1) is 11.8 Å². The number of nitrogens with zero attached hydrogens (tertiary/aromatic N) is 3. The Morgan fingerprint density at radius 3 is 1.40 bits per heavy atom. The first-order chi connectivity index (χ1) is 60.7. The first-order valence-corrected chi connectivity index (χ1v) is 42.9. The van der Waals surface area contributed by atoms with E-state index in [1.54, 1.807) is 30.3 Å². The number of aliphatic imine (C=N–C) groups is 1. The molecule has 14 amide bonds. The second-order valence-electron chi connectivity index (χ2n) is 27.4. The van der Waals surface area contributed by atoms with E-state index in [0.717, 1.165) is 23.0 Å². The topological polar surface area (TPSA) is 640 Å². The Kier molecular flexibility index (Phi) is 60.1. The number of nitrogens with two attached hydrogens (primary N) is 3. The van der Waals surface area contributed by atoms with Gasteiger partial charge in [0.1, 0.15) is 68.7 Å². The van der Waals surface area contributed by atoms with E-state index in [0.29, 0.717) is 51.7 Å². The second kappa shape index (κ2) is 68.9. The van der Waals surface area contributed by atoms with Crippen molar-refractivity contribution < 1.29 is 129 Å². The lowest BCUT2D eigenvalue weighted by Crippen LogP contribution is -2.60. The van der Waals surface area contributed by atoms with Crippen LogP contribution in [0.25, 0.3) is 0 Å². The van der Waals surface area contributed by atoms with Gasteiger partial charge >= 0.3 is 5.97 Å². The highest BCUT2D eigenvalue weighted by Crippen LogP contribution is 2.13. The molecule has 1 aliphatic rings. The van der Waals surface area contributed by atoms with E-state index in [4.69, 9.17) is 69.4 Å². The molecule has 2 aromatic rings. The smallest absolute Gasteiger partial charge is 0.305 e. The van der Waals surface area contributed by atoms with Crippen LogP contribution in [0.3, 0.4) is 0 Å². The van der Waals surface area contributed by atoms with Crippen LogP contribution < -0.4 is 91.2 Å². The average Bonchev–Trinajstić information content (AvgIpc) is 0.954. The van der Waals surface area contributed by atoms with E-state index in [2.05, 4.69) is 105 Å². The Labute approximate surface area is 745 Å². The molecule has 0 bridgehead atoms. The van der Waals surface area contributed by atoms with Crippen LogP contribution in [0.1, 0.15) is 49.7 Å². The number of amides is 14. The summed E-state index contributed by atoms with van der Waals surface area (Å²) in [7, 11) is 3.89. The molecule has 0 aliphatic carbocycles. The van der Waals surface area contributed by atoms with E-state index < -0.39 is 169 Å². The fourth-order valence-corrected chi connectivity index (χ4v) is 11.9. The SMILES string of the molecule is CN(C)c1ccc(/C=N/OCC(=O)NCCOCCOCCOCCOCCOCCNC(=O)COCC(=O)NCCCC[C@@H]2NC(=O)CSC[C@@H](C(=O)NCCOCCOCCOCCNC(=O)COCC(N)=O)NC(=O)[C@H](Cc3ccccc3)NC(=O)[C@H](CS)NC(=O)[C@H](CC(=O)O)NC(=O)CNC(=O)[C@H](CCCN=C(N)N)NC(=O)[C@H](CS)NC2=O)cc1. The van der Waals surface area contributed by atoms with Crippen LogP contribution in [0.4, 0.5) is 5.69 Å². The van der Waals surface area contributed by atoms with Crippen molar-refractivity contribution in [1.29, 1.82) is 0 Å². The molecule has 3 rings (SSSR count). The van der Waals surface area contributed by atoms with Gasteiger partial charge in [0.2, 0.25) is 76.8 Å². The van der Waals surface area contributed by atoms with Crippen molar-refractivity contribution in [3.8, 4) is 0 Å². The highest BCUT2D eigenvalue weighted by Gasteiger charge is 2.34. The summed E-state index contributed by atoms with van der Waals surface area (Å²) < 4.78 is 54.2. The molecular formula is C77H123N19O27S3. The number of unbranched alkanes of at least 4 members (excludes halogenated alkanes) is 1. The first kappa shape index (κ1) is 110. The number of thiol groups is 2. The first-order valence-electron chi connectivity index (χ1n) is 40.5. The predicted molar refractivity (Wildman–Crippen MR) is 464 cm³/mol. The van der Waals surface area contributed by atoms with Gasteiger partial charge in [0, 0.05) is 82.7 Å². The third-order valence-corrected chi connectivity index (χ3v) is 18.7. The summed E-state index contributed by atoms with van der Waals surface area (Å²) in [6.45, 7) is 1.16. The maximum absolute atomic E-state index is 14.6. The minimum atomic E-state index is -1.88. The van der Waals surface area contributed by atoms with Gasteiger partial charge in [-0.25, -0.2) is 0 Å². The number of benzene rings is 2. The highest BCUT2D eigenvalue weighted by molar-refractivity contribution is 8.00. The van der Waals surface area contributed by atoms with Crippen LogP contribution in [0.2, 0.25) is 0 Å². The Bertz CT molecular complexity index is 3680. The van der Waals surface area contributed by atoms with Crippen molar-refractivity contribution in [3.63, 3.8) is 0 Å². The number of guanidine groups is 1. The van der Waals surface area contributed by atoms with Gasteiger partial charge in [0.15, 0.2) is 12.6 Å². The Morgan fingerprint density at radius 1 is 0.476 bits per heavy atom. The second-order valence-corrected chi connectivity index (χ2v) is 29.2. The number of carboxylic acid groups (broad SMARTS) is 1. The molecule has 20 N–H and O–H groups in total. The zero-order chi connectivity index (χ0) is 92.3. The normalized spacial score (nSPS) is 17.8. The number of primary amides is 1. The third-order valence-electron chi connectivity index (χ3n) is 16.9. The van der Waals surface area contributed by atoms with Crippen LogP contribution in [0.5, 0.6) is 0 Å². The van der Waals surface area contributed by atoms with Crippen molar-refractivity contribution in [1.82, 2.24) is 69.1 Å². The van der Waals surface area contributed by atoms with E-state index in [1.165, 1.54) is 6.21 Å². The summed E-state index contributed by atoms with van der Waals surface area (Å²) >= 11 is 9.38. The van der Waals surface area contributed by atoms with Crippen molar-refractivity contribution in [3.05, 3.63) is 65.7 Å². The van der Waals surface area contributed by atoms with Crippen LogP contribution in [0, 0.1) is 0 Å². The number of rotatable bonds is 59. The van der Waals surface area contributed by atoms with E-state index >= 15 is 0 Å². The molecule has 7 atom stereocenters. The third kappa shape index (κ3) is 54.5. The number of anilines is 1. The fraction of sp³-hybridized carbons (Fsp3) is 0.623. The van der Waals surface area contributed by atoms with Crippen molar-refractivity contribution >= 4 is 144 Å². The molecule has 46 nitrogen and oxygen atoms in total. The van der Waals surface area contributed by atoms with Crippen LogP contribution in [-0.4, -0.2) is 370 Å². The fourth-order valence-electron chi connectivity index (χ4n) is 10.6. The lowest BCUT2D eigenvalue weighted by molar-refractivity contribution is -0.141. The molecule has 0 saturated carbocycles. The number of oxime groups is 1. The monoisotopic (exact) mass is 1840 g/mol. The van der Waals surface area contributed by atoms with Crippen LogP contribution >= 0.6 is 37.0 Å². The molecule has 1 saturated heterocycles. The summed E-state index contributed by atoms with van der Waals surface area (Å²) in [5, 5.41) is 46.6. The summed E-state index contributed by atoms with van der Waals surface area (Å²) in [4.78, 5) is 209. The number of nitrogens with one attached hydrogen (secondary N) is 13. The zero-order valence-electron chi connectivity index (χ0n) is 70.8. The molecule has 2 aromatic carbocycles. The van der Waals surface area contributed by atoms with Gasteiger partial charge in [0.25, 0.3) is 5.91 Å². The van der Waals surface area contributed by atoms with Crippen LogP contribution in [0.15, 0.2) is 64.7 Å². The van der Waals surface area contributed by atoms with Crippen LogP contribution in [-0.2, 0) is 131 Å². The summed E-state index contributed by atoms with van der Waals surface area (Å²) in [5.74, 6) is -14.7. The molecule has 1 fully saturated rings. The minimum Gasteiger partial charge on any atom is -0.481 e. The van der Waals surface area contributed by atoms with Crippen molar-refractivity contribution in [2.45, 2.75) is 87.2 Å². The lowest BCUT2D eigenvalue weighted by Gasteiger charge is -2.26. The molecule has 0 unspecified atom stereocenters. The van der Waals surface area contributed by atoms with Crippen molar-refractivity contribution in [2.24, 2.45) is 27.3 Å². The summed E-state index contributed by atoms with van der Waals surface area (Å²) in [6, 6.07) is 5.14. The molecule has 1 aliphatic heterocycles. The zero-order valence-corrected chi connectivity index (χ0v) is 73.4. The van der Waals surface area contributed by atoms with Crippen molar-refractivity contribution in [2.75, 3.05) is 227 Å². The van der Waals surface area contributed by atoms with Gasteiger partial charge in [-0.05, 0) is 55.4 Å². The quantitative estimate of drug-likeness (QED) is 0.00962. The van der Waals surface area contributed by atoms with Gasteiger partial charge in [-0.3, -0.25) is 76.9 Å². The molecular weight excluding hydrogens is 1720 g/mol. The molecule has 0 aromatic heterocycles. The highest BCUT2D eigenvalue weighted by atomic mass is 32.2. The van der Waals surface area contributed by atoms with E-state index in [-0.39, 0.29) is 174 Å². The van der Waals surface area contributed by atoms with E-state index in [9.17, 15) is 77.0 Å². The number of carboxylic acids is 1. The number of carbonyl (C=O) groups excluding carboxylic acids is 14. The Morgan fingerprint density at radius 2 is 0.905 bits per heavy atom. The number of carbonyl (C=O) groups is 15. The summed E-state index contributed by atoms with van der Waals surface area (Å²) in [6.07, 6.45) is 0.416. The van der Waals surface area contributed by atoms with E-state index in [1.807, 2.05) is 43.3 Å². The van der Waals surface area contributed by atoms with Gasteiger partial charge < -0.3 is 149 Å². The van der Waals surface area contributed by atoms with Gasteiger partial charge in [-0.1, -0.05) is 47.6 Å². The number of thioether (sulfide) groups is 1. The van der Waals surface area contributed by atoms with Gasteiger partial charge in [-0.2, -0.15) is 25.3 Å². The summed E-state index contributed by atoms with van der Waals surface area (Å²) in [5.41, 5.74) is 18.4. The molecule has 0 radical (unpaired) electrons.